The molecule has 0 saturated heterocycles. The zero-order valence-corrected chi connectivity index (χ0v) is 12.4. The number of hydrogen-bond acceptors (Lipinski definition) is 6. The molecule has 0 fully saturated rings. The number of methoxy groups -OCH3 is 1. The van der Waals surface area contributed by atoms with Gasteiger partial charge in [0, 0.05) is 13.0 Å². The lowest BCUT2D eigenvalue weighted by atomic mass is 10.2. The fourth-order valence-corrected chi connectivity index (χ4v) is 2.45. The molecule has 1 aromatic carbocycles. The highest BCUT2D eigenvalue weighted by atomic mass is 16.5. The summed E-state index contributed by atoms with van der Waals surface area (Å²) in [4.78, 5) is 40.7. The Hall–Kier alpha value is -2.96. The molecule has 1 aromatic heterocycles. The molecule has 0 spiro atoms. The number of hydrogen-bond donors (Lipinski definition) is 0. The van der Waals surface area contributed by atoms with E-state index in [9.17, 15) is 14.4 Å². The molecule has 0 radical (unpaired) electrons. The number of benzene rings is 1. The summed E-state index contributed by atoms with van der Waals surface area (Å²) in [7, 11) is 1.18. The summed E-state index contributed by atoms with van der Waals surface area (Å²) in [5.41, 5.74) is -0.541. The van der Waals surface area contributed by atoms with E-state index in [4.69, 9.17) is 4.74 Å². The number of carbonyl (C=O) groups is 2. The van der Waals surface area contributed by atoms with Crippen LogP contribution in [0.25, 0.3) is 0 Å². The second-order valence-electron chi connectivity index (χ2n) is 5.01. The van der Waals surface area contributed by atoms with Gasteiger partial charge in [0.1, 0.15) is 5.82 Å². The van der Waals surface area contributed by atoms with E-state index < -0.39 is 23.2 Å². The number of ether oxygens (including phenoxy) is 2. The van der Waals surface area contributed by atoms with Crippen LogP contribution in [0, 0.1) is 0 Å². The summed E-state index contributed by atoms with van der Waals surface area (Å²) < 4.78 is 11.2. The fourth-order valence-electron chi connectivity index (χ4n) is 2.45. The molecule has 2 heterocycles. The van der Waals surface area contributed by atoms with Gasteiger partial charge in [-0.3, -0.25) is 9.36 Å². The maximum atomic E-state index is 12.5. The van der Waals surface area contributed by atoms with Gasteiger partial charge in [0.05, 0.1) is 12.7 Å². The number of fused-ring (bicyclic) bond motifs is 1. The van der Waals surface area contributed by atoms with Crippen LogP contribution >= 0.6 is 0 Å². The van der Waals surface area contributed by atoms with Crippen molar-refractivity contribution in [3.05, 3.63) is 57.8 Å². The van der Waals surface area contributed by atoms with Crippen LogP contribution < -0.4 is 10.3 Å². The van der Waals surface area contributed by atoms with E-state index in [2.05, 4.69) is 9.72 Å². The minimum Gasteiger partial charge on any atom is -0.464 e. The monoisotopic (exact) mass is 314 g/mol. The molecule has 7 nitrogen and oxygen atoms in total. The Balaban J connectivity index is 2.05. The molecule has 0 saturated carbocycles. The Morgan fingerprint density at radius 2 is 1.91 bits per heavy atom. The molecular weight excluding hydrogens is 300 g/mol. The van der Waals surface area contributed by atoms with E-state index in [1.807, 2.05) is 0 Å². The van der Waals surface area contributed by atoms with Gasteiger partial charge in [-0.15, -0.1) is 0 Å². The Morgan fingerprint density at radius 1 is 1.17 bits per heavy atom. The molecule has 0 bridgehead atoms. The van der Waals surface area contributed by atoms with E-state index in [0.29, 0.717) is 18.8 Å². The third-order valence-electron chi connectivity index (χ3n) is 3.57. The predicted molar refractivity (Wildman–Crippen MR) is 79.6 cm³/mol. The molecule has 2 aromatic rings. The molecule has 0 aliphatic carbocycles. The summed E-state index contributed by atoms with van der Waals surface area (Å²) in [5.74, 6) is -1.44. The summed E-state index contributed by atoms with van der Waals surface area (Å²) in [6, 6.07) is 8.21. The van der Waals surface area contributed by atoms with Crippen molar-refractivity contribution in [3.8, 4) is 5.75 Å². The molecular formula is C16H14N2O5. The number of esters is 2. The van der Waals surface area contributed by atoms with Crippen LogP contribution in [0.1, 0.15) is 33.1 Å². The third kappa shape index (κ3) is 2.73. The van der Waals surface area contributed by atoms with Crippen molar-refractivity contribution in [1.29, 1.82) is 0 Å². The zero-order valence-electron chi connectivity index (χ0n) is 12.4. The van der Waals surface area contributed by atoms with E-state index in [0.717, 1.165) is 6.42 Å². The largest absolute Gasteiger partial charge is 0.464 e. The number of aromatic nitrogens is 2. The molecule has 0 N–H and O–H groups in total. The minimum absolute atomic E-state index is 0.269. The second-order valence-corrected chi connectivity index (χ2v) is 5.01. The Kier molecular flexibility index (Phi) is 3.92. The highest BCUT2D eigenvalue weighted by molar-refractivity contribution is 5.94. The van der Waals surface area contributed by atoms with Crippen LogP contribution in [-0.2, 0) is 17.7 Å². The Labute approximate surface area is 131 Å². The first-order valence-corrected chi connectivity index (χ1v) is 7.11. The molecule has 1 aliphatic heterocycles. The number of rotatable bonds is 3. The smallest absolute Gasteiger partial charge is 0.360 e. The first kappa shape index (κ1) is 15.0. The maximum absolute atomic E-state index is 12.5. The van der Waals surface area contributed by atoms with Gasteiger partial charge in [-0.1, -0.05) is 18.2 Å². The highest BCUT2D eigenvalue weighted by Gasteiger charge is 2.27. The van der Waals surface area contributed by atoms with Crippen molar-refractivity contribution < 1.29 is 19.1 Å². The standard InChI is InChI=1S/C16H14N2O5/c1-22-16(21)12-13(14(19)18-9-5-8-11(18)17-12)23-15(20)10-6-3-2-4-7-10/h2-4,6-7H,5,8-9H2,1H3. The van der Waals surface area contributed by atoms with Crippen LogP contribution in [0.5, 0.6) is 5.75 Å². The van der Waals surface area contributed by atoms with E-state index in [1.54, 1.807) is 30.3 Å². The van der Waals surface area contributed by atoms with Crippen molar-refractivity contribution in [2.45, 2.75) is 19.4 Å². The van der Waals surface area contributed by atoms with Gasteiger partial charge in [-0.2, -0.15) is 0 Å². The van der Waals surface area contributed by atoms with Gasteiger partial charge in [0.2, 0.25) is 5.75 Å². The summed E-state index contributed by atoms with van der Waals surface area (Å²) in [6.07, 6.45) is 1.34. The van der Waals surface area contributed by atoms with Gasteiger partial charge in [-0.25, -0.2) is 14.6 Å². The average Bonchev–Trinajstić information content (AvgIpc) is 3.06. The van der Waals surface area contributed by atoms with E-state index >= 15 is 0 Å². The van der Waals surface area contributed by atoms with Crippen molar-refractivity contribution in [2.75, 3.05) is 7.11 Å². The molecule has 118 valence electrons. The average molecular weight is 314 g/mol. The van der Waals surface area contributed by atoms with Crippen LogP contribution in [0.15, 0.2) is 35.1 Å². The Morgan fingerprint density at radius 3 is 2.61 bits per heavy atom. The molecule has 7 heteroatoms. The van der Waals surface area contributed by atoms with Crippen LogP contribution in [-0.4, -0.2) is 28.6 Å². The van der Waals surface area contributed by atoms with Crippen LogP contribution in [0.4, 0.5) is 0 Å². The lowest BCUT2D eigenvalue weighted by molar-refractivity contribution is 0.0583. The second kappa shape index (κ2) is 6.04. The van der Waals surface area contributed by atoms with Crippen molar-refractivity contribution in [2.24, 2.45) is 0 Å². The number of aryl methyl sites for hydroxylation is 1. The van der Waals surface area contributed by atoms with E-state index in [1.165, 1.54) is 11.7 Å². The lowest BCUT2D eigenvalue weighted by Gasteiger charge is -2.11. The van der Waals surface area contributed by atoms with Gasteiger partial charge in [0.15, 0.2) is 5.69 Å². The summed E-state index contributed by atoms with van der Waals surface area (Å²) in [5, 5.41) is 0. The fraction of sp³-hybridized carbons (Fsp3) is 0.250. The van der Waals surface area contributed by atoms with E-state index in [-0.39, 0.29) is 11.3 Å². The molecule has 3 rings (SSSR count). The minimum atomic E-state index is -0.812. The molecule has 23 heavy (non-hydrogen) atoms. The van der Waals surface area contributed by atoms with Crippen LogP contribution in [0.3, 0.4) is 0 Å². The highest BCUT2D eigenvalue weighted by Crippen LogP contribution is 2.19. The quantitative estimate of drug-likeness (QED) is 0.791. The number of nitrogens with zero attached hydrogens (tertiary/aromatic N) is 2. The summed E-state index contributed by atoms with van der Waals surface area (Å²) >= 11 is 0. The van der Waals surface area contributed by atoms with Gasteiger partial charge >= 0.3 is 11.9 Å². The summed E-state index contributed by atoms with van der Waals surface area (Å²) in [6.45, 7) is 0.485. The van der Waals surface area contributed by atoms with Gasteiger partial charge < -0.3 is 9.47 Å². The molecule has 0 atom stereocenters. The third-order valence-corrected chi connectivity index (χ3v) is 3.57. The van der Waals surface area contributed by atoms with Crippen molar-refractivity contribution in [3.63, 3.8) is 0 Å². The van der Waals surface area contributed by atoms with Gasteiger partial charge in [-0.05, 0) is 18.6 Å². The molecule has 0 amide bonds. The first-order chi connectivity index (χ1) is 11.1. The lowest BCUT2D eigenvalue weighted by Crippen LogP contribution is -2.28. The van der Waals surface area contributed by atoms with Gasteiger partial charge in [0.25, 0.3) is 5.56 Å². The normalized spacial score (nSPS) is 12.6. The Bertz CT molecular complexity index is 826. The van der Waals surface area contributed by atoms with Crippen molar-refractivity contribution >= 4 is 11.9 Å². The topological polar surface area (TPSA) is 87.5 Å². The molecule has 0 unspecified atom stereocenters. The molecule has 1 aliphatic rings. The van der Waals surface area contributed by atoms with Crippen molar-refractivity contribution in [1.82, 2.24) is 9.55 Å². The zero-order chi connectivity index (χ0) is 16.4. The SMILES string of the molecule is COC(=O)c1nc2n(c(=O)c1OC(=O)c1ccccc1)CCC2. The maximum Gasteiger partial charge on any atom is 0.360 e. The predicted octanol–water partition coefficient (Wildman–Crippen LogP) is 1.20. The first-order valence-electron chi connectivity index (χ1n) is 7.11. The van der Waals surface area contributed by atoms with Crippen LogP contribution in [0.2, 0.25) is 0 Å². The number of carbonyl (C=O) groups excluding carboxylic acids is 2.